The second-order valence-electron chi connectivity index (χ2n) is 3.74. The maximum Gasteiger partial charge on any atom is 0.328 e. The van der Waals surface area contributed by atoms with Crippen molar-refractivity contribution in [1.82, 2.24) is 0 Å². The second kappa shape index (κ2) is 6.36. The fourth-order valence-corrected chi connectivity index (χ4v) is 2.79. The van der Waals surface area contributed by atoms with Gasteiger partial charge in [0.2, 0.25) is 0 Å². The van der Waals surface area contributed by atoms with Gasteiger partial charge in [-0.25, -0.2) is 4.79 Å². The van der Waals surface area contributed by atoms with Crippen LogP contribution in [0.5, 0.6) is 0 Å². The highest BCUT2D eigenvalue weighted by Gasteiger charge is 2.04. The fourth-order valence-electron chi connectivity index (χ4n) is 1.54. The van der Waals surface area contributed by atoms with Gasteiger partial charge in [-0.3, -0.25) is 0 Å². The van der Waals surface area contributed by atoms with Crippen molar-refractivity contribution in [1.29, 1.82) is 0 Å². The summed E-state index contributed by atoms with van der Waals surface area (Å²) in [6.45, 7) is 0. The maximum absolute atomic E-state index is 10.3. The summed E-state index contributed by atoms with van der Waals surface area (Å²) in [4.78, 5) is 12.4. The van der Waals surface area contributed by atoms with Crippen LogP contribution >= 0.6 is 22.9 Å². The third-order valence-electron chi connectivity index (χ3n) is 2.38. The van der Waals surface area contributed by atoms with Crippen molar-refractivity contribution in [2.24, 2.45) is 0 Å². The summed E-state index contributed by atoms with van der Waals surface area (Å²) in [5.74, 6) is -0.951. The number of hydrogen-bond donors (Lipinski definition) is 1. The van der Waals surface area contributed by atoms with E-state index in [1.54, 1.807) is 17.4 Å². The van der Waals surface area contributed by atoms with Crippen LogP contribution in [-0.4, -0.2) is 11.1 Å². The molecule has 0 aliphatic heterocycles. The largest absolute Gasteiger partial charge is 0.478 e. The minimum Gasteiger partial charge on any atom is -0.478 e. The van der Waals surface area contributed by atoms with Gasteiger partial charge in [0.25, 0.3) is 0 Å². The molecule has 2 nitrogen and oxygen atoms in total. The molecule has 0 aliphatic rings. The molecule has 0 saturated heterocycles. The summed E-state index contributed by atoms with van der Waals surface area (Å²) in [5.41, 5.74) is 1.01. The number of halogens is 1. The molecule has 2 rings (SSSR count). The van der Waals surface area contributed by atoms with Gasteiger partial charge in [0.05, 0.1) is 0 Å². The second-order valence-corrected chi connectivity index (χ2v) is 5.26. The highest BCUT2D eigenvalue weighted by molar-refractivity contribution is 7.16. The van der Waals surface area contributed by atoms with Crippen LogP contribution in [0.15, 0.2) is 54.6 Å². The summed E-state index contributed by atoms with van der Waals surface area (Å²) < 4.78 is 0. The Balaban J connectivity index is 2.16. The van der Waals surface area contributed by atoms with Gasteiger partial charge >= 0.3 is 5.97 Å². The Morgan fingerprint density at radius 3 is 2.68 bits per heavy atom. The number of carboxylic acids is 1. The van der Waals surface area contributed by atoms with E-state index in [0.717, 1.165) is 26.4 Å². The van der Waals surface area contributed by atoms with Crippen molar-refractivity contribution in [3.8, 4) is 10.4 Å². The van der Waals surface area contributed by atoms with Crippen molar-refractivity contribution < 1.29 is 9.90 Å². The predicted molar refractivity (Wildman–Crippen MR) is 80.6 cm³/mol. The van der Waals surface area contributed by atoms with Gasteiger partial charge in [-0.1, -0.05) is 42.0 Å². The first-order valence-electron chi connectivity index (χ1n) is 5.59. The minimum absolute atomic E-state index is 0.727. The highest BCUT2D eigenvalue weighted by atomic mass is 35.5. The molecule has 0 fully saturated rings. The van der Waals surface area contributed by atoms with E-state index in [2.05, 4.69) is 0 Å². The lowest BCUT2D eigenvalue weighted by Gasteiger charge is -1.99. The van der Waals surface area contributed by atoms with Crippen LogP contribution in [0.2, 0.25) is 5.02 Å². The number of carboxylic acid groups (broad SMARTS) is 1. The molecule has 2 aromatic rings. The molecule has 0 amide bonds. The summed E-state index contributed by atoms with van der Waals surface area (Å²) in [6, 6.07) is 11.7. The Morgan fingerprint density at radius 1 is 1.16 bits per heavy atom. The van der Waals surface area contributed by atoms with Crippen LogP contribution in [-0.2, 0) is 4.79 Å². The number of hydrogen-bond acceptors (Lipinski definition) is 2. The molecule has 4 heteroatoms. The molecule has 0 radical (unpaired) electrons. The number of thiophene rings is 1. The van der Waals surface area contributed by atoms with Gasteiger partial charge < -0.3 is 5.11 Å². The normalized spacial score (nSPS) is 11.4. The molecule has 19 heavy (non-hydrogen) atoms. The van der Waals surface area contributed by atoms with Crippen molar-refractivity contribution in [2.75, 3.05) is 0 Å². The van der Waals surface area contributed by atoms with E-state index < -0.39 is 5.97 Å². The van der Waals surface area contributed by atoms with Crippen molar-refractivity contribution >= 4 is 35.0 Å². The average molecular weight is 291 g/mol. The number of carbonyl (C=O) groups is 1. The molecule has 0 bridgehead atoms. The molecule has 96 valence electrons. The van der Waals surface area contributed by atoms with Crippen LogP contribution in [0.3, 0.4) is 0 Å². The Hall–Kier alpha value is -1.84. The first kappa shape index (κ1) is 13.6. The third kappa shape index (κ3) is 3.81. The number of aliphatic carboxylic acids is 1. The van der Waals surface area contributed by atoms with Crippen LogP contribution in [0, 0.1) is 0 Å². The molecule has 0 atom stereocenters. The van der Waals surface area contributed by atoms with E-state index in [9.17, 15) is 4.79 Å². The topological polar surface area (TPSA) is 37.3 Å². The Kier molecular flexibility index (Phi) is 4.55. The SMILES string of the molecule is O=C(O)C=CC=Cc1ccc(-c2ccccc2Cl)s1. The molecular weight excluding hydrogens is 280 g/mol. The van der Waals surface area contributed by atoms with Gasteiger partial charge in [-0.05, 0) is 24.3 Å². The van der Waals surface area contributed by atoms with Gasteiger partial charge in [-0.2, -0.15) is 0 Å². The fraction of sp³-hybridized carbons (Fsp3) is 0. The zero-order chi connectivity index (χ0) is 13.7. The van der Waals surface area contributed by atoms with E-state index in [1.165, 1.54) is 6.08 Å². The highest BCUT2D eigenvalue weighted by Crippen LogP contribution is 2.33. The average Bonchev–Trinajstić information content (AvgIpc) is 2.83. The van der Waals surface area contributed by atoms with E-state index in [1.807, 2.05) is 42.5 Å². The maximum atomic E-state index is 10.3. The lowest BCUT2D eigenvalue weighted by Crippen LogP contribution is -1.84. The molecule has 0 saturated carbocycles. The quantitative estimate of drug-likeness (QED) is 0.653. The minimum atomic E-state index is -0.951. The Labute approximate surface area is 120 Å². The molecule has 1 N–H and O–H groups in total. The van der Waals surface area contributed by atoms with Crippen LogP contribution in [0.25, 0.3) is 16.5 Å². The zero-order valence-corrected chi connectivity index (χ0v) is 11.5. The Morgan fingerprint density at radius 2 is 1.95 bits per heavy atom. The molecule has 0 aliphatic carbocycles. The van der Waals surface area contributed by atoms with E-state index in [-0.39, 0.29) is 0 Å². The van der Waals surface area contributed by atoms with Gasteiger partial charge in [0.1, 0.15) is 0 Å². The Bertz CT molecular complexity index is 641. The van der Waals surface area contributed by atoms with Crippen molar-refractivity contribution in [3.63, 3.8) is 0 Å². The summed E-state index contributed by atoms with van der Waals surface area (Å²) in [6.07, 6.45) is 6.16. The molecular formula is C15H11ClO2S. The monoisotopic (exact) mass is 290 g/mol. The van der Waals surface area contributed by atoms with Crippen LogP contribution in [0.4, 0.5) is 0 Å². The van der Waals surface area contributed by atoms with Crippen molar-refractivity contribution in [3.05, 3.63) is 64.5 Å². The predicted octanol–water partition coefficient (Wildman–Crippen LogP) is 4.72. The van der Waals surface area contributed by atoms with E-state index in [0.29, 0.717) is 0 Å². The lowest BCUT2D eigenvalue weighted by atomic mass is 10.2. The van der Waals surface area contributed by atoms with Crippen LogP contribution in [0.1, 0.15) is 4.88 Å². The number of allylic oxidation sites excluding steroid dienone is 2. The smallest absolute Gasteiger partial charge is 0.328 e. The third-order valence-corrected chi connectivity index (χ3v) is 3.79. The summed E-state index contributed by atoms with van der Waals surface area (Å²) in [7, 11) is 0. The molecule has 1 aromatic carbocycles. The van der Waals surface area contributed by atoms with E-state index in [4.69, 9.17) is 16.7 Å². The first-order valence-corrected chi connectivity index (χ1v) is 6.78. The number of benzene rings is 1. The van der Waals surface area contributed by atoms with Gasteiger partial charge in [0, 0.05) is 26.4 Å². The zero-order valence-electron chi connectivity index (χ0n) is 9.92. The number of rotatable bonds is 4. The van der Waals surface area contributed by atoms with Crippen LogP contribution < -0.4 is 0 Å². The molecule has 0 unspecified atom stereocenters. The molecule has 1 aromatic heterocycles. The van der Waals surface area contributed by atoms with Crippen molar-refractivity contribution in [2.45, 2.75) is 0 Å². The first-order chi connectivity index (χ1) is 9.16. The lowest BCUT2D eigenvalue weighted by molar-refractivity contribution is -0.131. The summed E-state index contributed by atoms with van der Waals surface area (Å²) in [5, 5.41) is 9.19. The standard InChI is InChI=1S/C15H11ClO2S/c16-13-7-3-2-6-12(13)14-10-9-11(19-14)5-1-4-8-15(17)18/h1-10H,(H,17,18). The van der Waals surface area contributed by atoms with Gasteiger partial charge in [0.15, 0.2) is 0 Å². The molecule has 0 spiro atoms. The molecule has 1 heterocycles. The van der Waals surface area contributed by atoms with Gasteiger partial charge in [-0.15, -0.1) is 11.3 Å². The summed E-state index contributed by atoms with van der Waals surface area (Å²) >= 11 is 7.75. The van der Waals surface area contributed by atoms with E-state index >= 15 is 0 Å².